The first kappa shape index (κ1) is 21.8. The fraction of sp³-hybridized carbons (Fsp3) is 0.429. The molecule has 1 aromatic carbocycles. The molecule has 0 aliphatic carbocycles. The lowest BCUT2D eigenvalue weighted by atomic mass is 9.98. The van der Waals surface area contributed by atoms with Gasteiger partial charge < -0.3 is 14.5 Å². The fourth-order valence-electron chi connectivity index (χ4n) is 3.42. The topological polar surface area (TPSA) is 84.7 Å². The van der Waals surface area contributed by atoms with Crippen LogP contribution in [0.5, 0.6) is 0 Å². The molecule has 2 heterocycles. The number of piperidine rings is 1. The molecule has 1 fully saturated rings. The van der Waals surface area contributed by atoms with Gasteiger partial charge in [-0.3, -0.25) is 14.4 Å². The Morgan fingerprint density at radius 2 is 2.00 bits per heavy atom. The minimum absolute atomic E-state index is 0.0689. The summed E-state index contributed by atoms with van der Waals surface area (Å²) in [6, 6.07) is 7.08. The minimum Gasteiger partial charge on any atom is -0.466 e. The van der Waals surface area contributed by atoms with Crippen molar-refractivity contribution in [3.05, 3.63) is 47.2 Å². The van der Waals surface area contributed by atoms with Crippen LogP contribution in [0, 0.1) is 5.92 Å². The molecule has 160 valence electrons. The molecule has 0 radical (unpaired) electrons. The van der Waals surface area contributed by atoms with Crippen molar-refractivity contribution in [2.75, 3.05) is 33.3 Å². The summed E-state index contributed by atoms with van der Waals surface area (Å²) in [7, 11) is 1.58. The highest BCUT2D eigenvalue weighted by Gasteiger charge is 2.30. The number of aromatic nitrogens is 2. The van der Waals surface area contributed by atoms with Crippen molar-refractivity contribution in [2.45, 2.75) is 19.8 Å². The second kappa shape index (κ2) is 9.75. The highest BCUT2D eigenvalue weighted by atomic mass is 35.5. The molecule has 1 atom stereocenters. The predicted molar refractivity (Wildman–Crippen MR) is 111 cm³/mol. The van der Waals surface area contributed by atoms with Gasteiger partial charge in [0, 0.05) is 31.4 Å². The first-order valence-corrected chi connectivity index (χ1v) is 10.3. The van der Waals surface area contributed by atoms with Gasteiger partial charge in [-0.2, -0.15) is 5.10 Å². The molecule has 1 aromatic heterocycles. The van der Waals surface area contributed by atoms with Crippen LogP contribution in [-0.2, 0) is 14.3 Å². The number of rotatable bonds is 6. The van der Waals surface area contributed by atoms with E-state index in [0.29, 0.717) is 36.7 Å². The molecule has 1 saturated heterocycles. The van der Waals surface area contributed by atoms with E-state index in [-0.39, 0.29) is 30.2 Å². The highest BCUT2D eigenvalue weighted by molar-refractivity contribution is 6.30. The Morgan fingerprint density at radius 1 is 1.27 bits per heavy atom. The van der Waals surface area contributed by atoms with Crippen molar-refractivity contribution in [1.82, 2.24) is 19.6 Å². The predicted octanol–water partition coefficient (Wildman–Crippen LogP) is 2.40. The summed E-state index contributed by atoms with van der Waals surface area (Å²) in [5.41, 5.74) is 1.15. The van der Waals surface area contributed by atoms with Crippen LogP contribution in [-0.4, -0.2) is 70.7 Å². The van der Waals surface area contributed by atoms with Gasteiger partial charge in [0.25, 0.3) is 5.91 Å². The molecule has 9 heteroatoms. The van der Waals surface area contributed by atoms with E-state index < -0.39 is 0 Å². The summed E-state index contributed by atoms with van der Waals surface area (Å²) in [5, 5.41) is 4.83. The van der Waals surface area contributed by atoms with Gasteiger partial charge in [0.2, 0.25) is 5.91 Å². The van der Waals surface area contributed by atoms with Crippen molar-refractivity contribution in [1.29, 1.82) is 0 Å². The Morgan fingerprint density at radius 3 is 2.70 bits per heavy atom. The molecule has 1 aliphatic heterocycles. The number of ether oxygens (including phenoxy) is 1. The maximum absolute atomic E-state index is 12.7. The Balaban J connectivity index is 1.59. The van der Waals surface area contributed by atoms with Crippen LogP contribution in [0.25, 0.3) is 5.69 Å². The SMILES string of the molecule is CCOC(=O)C1CCCN(C(=O)CN(C)C(=O)c2cnn(-c3ccc(Cl)cc3)c2)C1. The van der Waals surface area contributed by atoms with Crippen molar-refractivity contribution in [3.63, 3.8) is 0 Å². The zero-order valence-corrected chi connectivity index (χ0v) is 17.8. The van der Waals surface area contributed by atoms with E-state index in [4.69, 9.17) is 16.3 Å². The summed E-state index contributed by atoms with van der Waals surface area (Å²) < 4.78 is 6.65. The minimum atomic E-state index is -0.304. The van der Waals surface area contributed by atoms with Gasteiger partial charge in [-0.25, -0.2) is 4.68 Å². The summed E-state index contributed by atoms with van der Waals surface area (Å²) in [6.45, 7) is 2.92. The van der Waals surface area contributed by atoms with Gasteiger partial charge in [0.1, 0.15) is 0 Å². The number of benzene rings is 1. The van der Waals surface area contributed by atoms with Crippen molar-refractivity contribution < 1.29 is 19.1 Å². The van der Waals surface area contributed by atoms with Crippen LogP contribution in [0.15, 0.2) is 36.7 Å². The van der Waals surface area contributed by atoms with E-state index in [9.17, 15) is 14.4 Å². The van der Waals surface area contributed by atoms with E-state index in [0.717, 1.165) is 12.1 Å². The third kappa shape index (κ3) is 5.18. The number of amides is 2. The summed E-state index contributed by atoms with van der Waals surface area (Å²) in [6.07, 6.45) is 4.53. The van der Waals surface area contributed by atoms with Crippen LogP contribution in [0.4, 0.5) is 0 Å². The quantitative estimate of drug-likeness (QED) is 0.654. The lowest BCUT2D eigenvalue weighted by Crippen LogP contribution is -2.47. The average Bonchev–Trinajstić information content (AvgIpc) is 3.24. The van der Waals surface area contributed by atoms with Gasteiger partial charge in [0.05, 0.1) is 36.5 Å². The Hall–Kier alpha value is -2.87. The van der Waals surface area contributed by atoms with Crippen LogP contribution in [0.3, 0.4) is 0 Å². The monoisotopic (exact) mass is 432 g/mol. The number of hydrogen-bond donors (Lipinski definition) is 0. The highest BCUT2D eigenvalue weighted by Crippen LogP contribution is 2.19. The molecule has 0 N–H and O–H groups in total. The lowest BCUT2D eigenvalue weighted by Gasteiger charge is -2.32. The maximum atomic E-state index is 12.7. The zero-order chi connectivity index (χ0) is 21.7. The summed E-state index contributed by atoms with van der Waals surface area (Å²) in [4.78, 5) is 40.4. The molecule has 8 nitrogen and oxygen atoms in total. The fourth-order valence-corrected chi connectivity index (χ4v) is 3.55. The Labute approximate surface area is 180 Å². The van der Waals surface area contributed by atoms with Crippen molar-refractivity contribution in [3.8, 4) is 5.69 Å². The number of hydrogen-bond acceptors (Lipinski definition) is 5. The van der Waals surface area contributed by atoms with Crippen LogP contribution in [0.2, 0.25) is 5.02 Å². The molecular formula is C21H25ClN4O4. The molecule has 30 heavy (non-hydrogen) atoms. The first-order chi connectivity index (χ1) is 14.4. The molecule has 0 bridgehead atoms. The molecule has 1 unspecified atom stereocenters. The first-order valence-electron chi connectivity index (χ1n) is 9.89. The number of nitrogens with zero attached hydrogens (tertiary/aromatic N) is 4. The van der Waals surface area contributed by atoms with E-state index in [1.807, 2.05) is 0 Å². The van der Waals surface area contributed by atoms with Gasteiger partial charge in [-0.1, -0.05) is 11.6 Å². The number of carbonyl (C=O) groups is 3. The molecular weight excluding hydrogens is 408 g/mol. The van der Waals surface area contributed by atoms with Crippen molar-refractivity contribution in [2.24, 2.45) is 5.92 Å². The molecule has 0 spiro atoms. The van der Waals surface area contributed by atoms with Crippen LogP contribution in [0.1, 0.15) is 30.1 Å². The number of likely N-dealkylation sites (tertiary alicyclic amines) is 1. The van der Waals surface area contributed by atoms with Crippen molar-refractivity contribution >= 4 is 29.4 Å². The number of esters is 1. The van der Waals surface area contributed by atoms with Crippen LogP contribution < -0.4 is 0 Å². The van der Waals surface area contributed by atoms with E-state index in [2.05, 4.69) is 5.10 Å². The number of likely N-dealkylation sites (N-methyl/N-ethyl adjacent to an activating group) is 1. The molecule has 2 amide bonds. The number of carbonyl (C=O) groups excluding carboxylic acids is 3. The second-order valence-corrected chi connectivity index (χ2v) is 7.68. The van der Waals surface area contributed by atoms with E-state index >= 15 is 0 Å². The standard InChI is InChI=1S/C21H25ClN4O4/c1-3-30-21(29)15-5-4-10-25(12-15)19(27)14-24(2)20(28)16-11-23-26(13-16)18-8-6-17(22)7-9-18/h6-9,11,13,15H,3-5,10,12,14H2,1-2H3. The normalized spacial score (nSPS) is 16.2. The third-order valence-electron chi connectivity index (χ3n) is 5.03. The maximum Gasteiger partial charge on any atom is 0.310 e. The van der Waals surface area contributed by atoms with Gasteiger partial charge in [-0.15, -0.1) is 0 Å². The largest absolute Gasteiger partial charge is 0.466 e. The smallest absolute Gasteiger partial charge is 0.310 e. The third-order valence-corrected chi connectivity index (χ3v) is 5.29. The Kier molecular flexibility index (Phi) is 7.10. The van der Waals surface area contributed by atoms with Gasteiger partial charge >= 0.3 is 5.97 Å². The molecule has 1 aliphatic rings. The van der Waals surface area contributed by atoms with Crippen LogP contribution >= 0.6 is 11.6 Å². The molecule has 0 saturated carbocycles. The lowest BCUT2D eigenvalue weighted by molar-refractivity contribution is -0.151. The zero-order valence-electron chi connectivity index (χ0n) is 17.1. The average molecular weight is 433 g/mol. The van der Waals surface area contributed by atoms with Gasteiger partial charge in [0.15, 0.2) is 0 Å². The van der Waals surface area contributed by atoms with Gasteiger partial charge in [-0.05, 0) is 44.0 Å². The number of halogens is 1. The van der Waals surface area contributed by atoms with E-state index in [1.165, 1.54) is 11.1 Å². The molecule has 2 aromatic rings. The summed E-state index contributed by atoms with van der Waals surface area (Å²) >= 11 is 5.90. The molecule has 3 rings (SSSR count). The second-order valence-electron chi connectivity index (χ2n) is 7.24. The summed E-state index contributed by atoms with van der Waals surface area (Å²) in [5.74, 6) is -1.07. The Bertz CT molecular complexity index is 912. The van der Waals surface area contributed by atoms with E-state index in [1.54, 1.807) is 54.0 Å².